The molecule has 0 bridgehead atoms. The number of aryl methyl sites for hydroxylation is 1. The number of rotatable bonds is 28. The average Bonchev–Trinajstić information content (AvgIpc) is 3.01. The molecule has 0 fully saturated rings. The van der Waals surface area contributed by atoms with Crippen LogP contribution in [0.3, 0.4) is 0 Å². The van der Waals surface area contributed by atoms with E-state index in [9.17, 15) is 8.42 Å². The highest BCUT2D eigenvalue weighted by Gasteiger charge is 2.14. The van der Waals surface area contributed by atoms with Gasteiger partial charge in [0.15, 0.2) is 0 Å². The summed E-state index contributed by atoms with van der Waals surface area (Å²) >= 11 is 0. The third-order valence-corrected chi connectivity index (χ3v) is 8.18. The molecule has 9 heteroatoms. The molecular formula is C34H54O8S. The van der Waals surface area contributed by atoms with Crippen LogP contribution in [-0.2, 0) is 39.9 Å². The smallest absolute Gasteiger partial charge is 0.297 e. The zero-order valence-corrected chi connectivity index (χ0v) is 27.3. The minimum Gasteiger partial charge on any atom is -0.494 e. The van der Waals surface area contributed by atoms with E-state index in [1.165, 1.54) is 69.9 Å². The van der Waals surface area contributed by atoms with Gasteiger partial charge in [0.2, 0.25) is 0 Å². The Morgan fingerprint density at radius 1 is 0.535 bits per heavy atom. The molecule has 2 aromatic carbocycles. The average molecular weight is 623 g/mol. The summed E-state index contributed by atoms with van der Waals surface area (Å²) in [5.74, 6) is 0.910. The van der Waals surface area contributed by atoms with Crippen LogP contribution in [0.2, 0.25) is 0 Å². The largest absolute Gasteiger partial charge is 0.494 e. The standard InChI is InChI=1S/C34H54O8S/c1-3-4-5-6-7-8-9-10-11-12-21-41-33-17-15-32(16-18-33)30-40-27-26-38-23-22-37-24-25-39-28-29-42-43(35,36)34-19-13-31(2)14-20-34/h13-20H,3-12,21-30H2,1-2H3. The minimum atomic E-state index is -3.76. The molecule has 0 aliphatic heterocycles. The van der Waals surface area contributed by atoms with Gasteiger partial charge in [0.25, 0.3) is 10.1 Å². The number of unbranched alkanes of at least 4 members (excludes halogenated alkanes) is 9. The maximum Gasteiger partial charge on any atom is 0.297 e. The highest BCUT2D eigenvalue weighted by atomic mass is 32.2. The summed E-state index contributed by atoms with van der Waals surface area (Å²) in [6.07, 6.45) is 13.3. The fraction of sp³-hybridized carbons (Fsp3) is 0.647. The first-order chi connectivity index (χ1) is 21.0. The van der Waals surface area contributed by atoms with Crippen molar-refractivity contribution in [2.24, 2.45) is 0 Å². The second-order valence-corrected chi connectivity index (χ2v) is 12.3. The molecule has 8 nitrogen and oxygen atoms in total. The van der Waals surface area contributed by atoms with E-state index in [-0.39, 0.29) is 18.1 Å². The molecular weight excluding hydrogens is 568 g/mol. The summed E-state index contributed by atoms with van der Waals surface area (Å²) in [4.78, 5) is 0.140. The van der Waals surface area contributed by atoms with Crippen LogP contribution >= 0.6 is 0 Å². The van der Waals surface area contributed by atoms with Crippen LogP contribution < -0.4 is 4.74 Å². The first kappa shape index (κ1) is 37.2. The van der Waals surface area contributed by atoms with Gasteiger partial charge >= 0.3 is 0 Å². The Hall–Kier alpha value is -2.01. The third kappa shape index (κ3) is 19.1. The quantitative estimate of drug-likeness (QED) is 0.0723. The van der Waals surface area contributed by atoms with Gasteiger partial charge < -0.3 is 23.7 Å². The highest BCUT2D eigenvalue weighted by molar-refractivity contribution is 7.86. The summed E-state index contributed by atoms with van der Waals surface area (Å²) in [5, 5.41) is 0. The minimum absolute atomic E-state index is 0.0450. The normalized spacial score (nSPS) is 11.7. The third-order valence-electron chi connectivity index (χ3n) is 6.85. The number of benzene rings is 2. The van der Waals surface area contributed by atoms with Gasteiger partial charge in [-0.2, -0.15) is 8.42 Å². The van der Waals surface area contributed by atoms with Crippen molar-refractivity contribution in [3.8, 4) is 5.75 Å². The lowest BCUT2D eigenvalue weighted by Gasteiger charge is -2.09. The molecule has 244 valence electrons. The van der Waals surface area contributed by atoms with Crippen LogP contribution in [0.4, 0.5) is 0 Å². The zero-order chi connectivity index (χ0) is 30.9. The predicted octanol–water partition coefficient (Wildman–Crippen LogP) is 7.27. The Labute approximate surface area is 260 Å². The van der Waals surface area contributed by atoms with E-state index in [0.29, 0.717) is 46.2 Å². The summed E-state index contributed by atoms with van der Waals surface area (Å²) in [6, 6.07) is 14.6. The fourth-order valence-corrected chi connectivity index (χ4v) is 5.18. The van der Waals surface area contributed by atoms with E-state index in [1.807, 2.05) is 31.2 Å². The van der Waals surface area contributed by atoms with Gasteiger partial charge in [-0.1, -0.05) is 94.5 Å². The molecule has 0 heterocycles. The van der Waals surface area contributed by atoms with Crippen molar-refractivity contribution in [2.45, 2.75) is 89.6 Å². The molecule has 0 aliphatic rings. The van der Waals surface area contributed by atoms with Crippen molar-refractivity contribution >= 4 is 10.1 Å². The van der Waals surface area contributed by atoms with Crippen LogP contribution in [0.5, 0.6) is 5.75 Å². The van der Waals surface area contributed by atoms with Gasteiger partial charge in [-0.3, -0.25) is 4.18 Å². The molecule has 2 aromatic rings. The number of hydrogen-bond acceptors (Lipinski definition) is 8. The van der Waals surface area contributed by atoms with Crippen molar-refractivity contribution in [1.82, 2.24) is 0 Å². The molecule has 2 rings (SSSR count). The Kier molecular flexibility index (Phi) is 21.0. The van der Waals surface area contributed by atoms with Crippen molar-refractivity contribution in [3.05, 3.63) is 59.7 Å². The molecule has 0 aromatic heterocycles. The molecule has 0 N–H and O–H groups in total. The predicted molar refractivity (Wildman–Crippen MR) is 170 cm³/mol. The first-order valence-electron chi connectivity index (χ1n) is 16.0. The Morgan fingerprint density at radius 2 is 1.02 bits per heavy atom. The first-order valence-corrected chi connectivity index (χ1v) is 17.4. The Bertz CT molecular complexity index is 1030. The summed E-state index contributed by atoms with van der Waals surface area (Å²) in [7, 11) is -3.76. The van der Waals surface area contributed by atoms with Gasteiger partial charge in [-0.05, 0) is 43.2 Å². The second-order valence-electron chi connectivity index (χ2n) is 10.7. The molecule has 0 atom stereocenters. The van der Waals surface area contributed by atoms with E-state index in [2.05, 4.69) is 6.92 Å². The van der Waals surface area contributed by atoms with Gasteiger partial charge in [-0.25, -0.2) is 0 Å². The van der Waals surface area contributed by atoms with E-state index in [1.54, 1.807) is 12.1 Å². The van der Waals surface area contributed by atoms with Crippen molar-refractivity contribution in [1.29, 1.82) is 0 Å². The Morgan fingerprint density at radius 3 is 1.58 bits per heavy atom. The van der Waals surface area contributed by atoms with Crippen LogP contribution in [0.15, 0.2) is 53.4 Å². The molecule has 0 spiro atoms. The van der Waals surface area contributed by atoms with Crippen LogP contribution in [0.1, 0.15) is 82.3 Å². The van der Waals surface area contributed by atoms with Crippen LogP contribution in [0.25, 0.3) is 0 Å². The number of ether oxygens (including phenoxy) is 5. The SMILES string of the molecule is CCCCCCCCCCCCOc1ccc(COCCOCCOCCOCCOS(=O)(=O)c2ccc(C)cc2)cc1. The van der Waals surface area contributed by atoms with Gasteiger partial charge in [0.05, 0.1) is 71.0 Å². The van der Waals surface area contributed by atoms with Crippen molar-refractivity contribution in [2.75, 3.05) is 59.5 Å². The molecule has 0 saturated heterocycles. The van der Waals surface area contributed by atoms with Gasteiger partial charge in [0.1, 0.15) is 5.75 Å². The lowest BCUT2D eigenvalue weighted by atomic mass is 10.1. The van der Waals surface area contributed by atoms with Crippen LogP contribution in [-0.4, -0.2) is 67.9 Å². The van der Waals surface area contributed by atoms with Crippen LogP contribution in [0, 0.1) is 6.92 Å². The maximum absolute atomic E-state index is 12.1. The van der Waals surface area contributed by atoms with Gasteiger partial charge in [0, 0.05) is 0 Å². The van der Waals surface area contributed by atoms with E-state index in [4.69, 9.17) is 27.9 Å². The second kappa shape index (κ2) is 24.3. The molecule has 0 saturated carbocycles. The highest BCUT2D eigenvalue weighted by Crippen LogP contribution is 2.15. The monoisotopic (exact) mass is 622 g/mol. The summed E-state index contributed by atoms with van der Waals surface area (Å²) < 4.78 is 57.1. The fourth-order valence-electron chi connectivity index (χ4n) is 4.29. The molecule has 43 heavy (non-hydrogen) atoms. The Balaban J connectivity index is 1.33. The molecule has 0 unspecified atom stereocenters. The molecule has 0 amide bonds. The molecule has 0 aliphatic carbocycles. The van der Waals surface area contributed by atoms with Crippen molar-refractivity contribution in [3.63, 3.8) is 0 Å². The summed E-state index contributed by atoms with van der Waals surface area (Å²) in [6.45, 7) is 8.23. The zero-order valence-electron chi connectivity index (χ0n) is 26.4. The topological polar surface area (TPSA) is 89.5 Å². The van der Waals surface area contributed by atoms with Crippen molar-refractivity contribution < 1.29 is 36.3 Å². The lowest BCUT2D eigenvalue weighted by molar-refractivity contribution is -0.00642. The number of hydrogen-bond donors (Lipinski definition) is 0. The van der Waals surface area contributed by atoms with E-state index in [0.717, 1.165) is 29.9 Å². The van der Waals surface area contributed by atoms with Gasteiger partial charge in [-0.15, -0.1) is 0 Å². The van der Waals surface area contributed by atoms with E-state index >= 15 is 0 Å². The maximum atomic E-state index is 12.1. The molecule has 0 radical (unpaired) electrons. The summed E-state index contributed by atoms with van der Waals surface area (Å²) in [5.41, 5.74) is 2.09. The van der Waals surface area contributed by atoms with E-state index < -0.39 is 10.1 Å². The lowest BCUT2D eigenvalue weighted by Crippen LogP contribution is -2.15.